The molecular formula is C28H31N7O2S. The van der Waals surface area contributed by atoms with Crippen LogP contribution in [0.15, 0.2) is 72.9 Å². The van der Waals surface area contributed by atoms with Gasteiger partial charge in [-0.15, -0.1) is 5.10 Å². The summed E-state index contributed by atoms with van der Waals surface area (Å²) in [6.45, 7) is 4.67. The standard InChI is InChI=1S/C23H20N6O.C5H11NOS/c1-15-13-18-17(21(24)30)9-5-10-19(18)29(15)23-26-22(20-11-6-12-28(20)27-23)25-14-16-7-3-2-4-8-16;1-8(7)6-4-2-3-5-6/h2-13H,14H2,1H3,(H2,24,30)(H,25,26,27);2-5H2,1H3. The van der Waals surface area contributed by atoms with Crippen molar-refractivity contribution >= 4 is 39.1 Å². The van der Waals surface area contributed by atoms with Gasteiger partial charge in [0.05, 0.1) is 16.5 Å². The Kier molecular flexibility index (Phi) is 7.52. The summed E-state index contributed by atoms with van der Waals surface area (Å²) in [5.74, 6) is 0.800. The van der Waals surface area contributed by atoms with E-state index >= 15 is 0 Å². The van der Waals surface area contributed by atoms with Crippen molar-refractivity contribution in [3.05, 3.63) is 89.7 Å². The fraction of sp³-hybridized carbons (Fsp3) is 0.250. The van der Waals surface area contributed by atoms with Gasteiger partial charge in [0.25, 0.3) is 5.95 Å². The van der Waals surface area contributed by atoms with Gasteiger partial charge in [-0.1, -0.05) is 36.4 Å². The molecule has 38 heavy (non-hydrogen) atoms. The molecule has 3 N–H and O–H groups in total. The van der Waals surface area contributed by atoms with Gasteiger partial charge in [-0.3, -0.25) is 9.36 Å². The average molecular weight is 530 g/mol. The van der Waals surface area contributed by atoms with Gasteiger partial charge < -0.3 is 11.1 Å². The number of amides is 1. The summed E-state index contributed by atoms with van der Waals surface area (Å²) in [4.78, 5) is 16.7. The van der Waals surface area contributed by atoms with E-state index in [9.17, 15) is 9.00 Å². The van der Waals surface area contributed by atoms with E-state index in [1.165, 1.54) is 12.8 Å². The summed E-state index contributed by atoms with van der Waals surface area (Å²) in [5.41, 5.74) is 9.86. The van der Waals surface area contributed by atoms with Crippen LogP contribution in [0.5, 0.6) is 0 Å². The lowest BCUT2D eigenvalue weighted by Crippen LogP contribution is -2.20. The summed E-state index contributed by atoms with van der Waals surface area (Å²) in [5, 5.41) is 8.91. The van der Waals surface area contributed by atoms with Gasteiger partial charge in [0, 0.05) is 48.7 Å². The molecule has 0 aliphatic carbocycles. The largest absolute Gasteiger partial charge is 0.366 e. The second kappa shape index (κ2) is 11.2. The molecule has 196 valence electrons. The van der Waals surface area contributed by atoms with Gasteiger partial charge >= 0.3 is 0 Å². The topological polar surface area (TPSA) is 111 Å². The number of primary amides is 1. The van der Waals surface area contributed by atoms with E-state index in [-0.39, 0.29) is 0 Å². The minimum Gasteiger partial charge on any atom is -0.366 e. The third-order valence-electron chi connectivity index (χ3n) is 6.61. The Morgan fingerprint density at radius 1 is 1.03 bits per heavy atom. The van der Waals surface area contributed by atoms with Crippen molar-refractivity contribution in [2.45, 2.75) is 26.3 Å². The van der Waals surface area contributed by atoms with Crippen molar-refractivity contribution in [1.82, 2.24) is 23.5 Å². The number of carbonyl (C=O) groups excluding carboxylic acids is 1. The molecule has 1 amide bonds. The van der Waals surface area contributed by atoms with E-state index in [1.54, 1.807) is 16.8 Å². The van der Waals surface area contributed by atoms with Gasteiger partial charge in [0.15, 0.2) is 5.82 Å². The van der Waals surface area contributed by atoms with Crippen LogP contribution in [0.25, 0.3) is 22.4 Å². The van der Waals surface area contributed by atoms with Crippen molar-refractivity contribution in [3.63, 3.8) is 0 Å². The van der Waals surface area contributed by atoms with Gasteiger partial charge in [-0.25, -0.2) is 13.0 Å². The number of rotatable bonds is 6. The second-order valence-corrected chi connectivity index (χ2v) is 10.6. The lowest BCUT2D eigenvalue weighted by Gasteiger charge is -2.12. The molecule has 2 aromatic carbocycles. The van der Waals surface area contributed by atoms with Gasteiger partial charge in [0.2, 0.25) is 5.91 Å². The maximum absolute atomic E-state index is 11.9. The normalized spacial score (nSPS) is 14.4. The number of aromatic nitrogens is 4. The van der Waals surface area contributed by atoms with Crippen molar-refractivity contribution in [1.29, 1.82) is 0 Å². The fourth-order valence-corrected chi connectivity index (χ4v) is 5.49. The number of hydrogen-bond donors (Lipinski definition) is 2. The summed E-state index contributed by atoms with van der Waals surface area (Å²) in [6, 6.07) is 21.5. The van der Waals surface area contributed by atoms with E-state index in [4.69, 9.17) is 15.8 Å². The first-order valence-electron chi connectivity index (χ1n) is 12.6. The quantitative estimate of drug-likeness (QED) is 0.345. The number of aryl methyl sites for hydroxylation is 1. The fourth-order valence-electron chi connectivity index (χ4n) is 4.72. The van der Waals surface area contributed by atoms with Crippen LogP contribution >= 0.6 is 0 Å². The molecule has 1 aliphatic heterocycles. The second-order valence-electron chi connectivity index (χ2n) is 9.22. The smallest absolute Gasteiger partial charge is 0.254 e. The van der Waals surface area contributed by atoms with Crippen LogP contribution in [0.2, 0.25) is 0 Å². The lowest BCUT2D eigenvalue weighted by molar-refractivity contribution is 0.100. The molecule has 1 atom stereocenters. The molecule has 5 aromatic rings. The molecule has 0 spiro atoms. The van der Waals surface area contributed by atoms with Gasteiger partial charge in [-0.2, -0.15) is 4.98 Å². The molecule has 1 aliphatic rings. The molecule has 0 radical (unpaired) electrons. The minimum atomic E-state index is -0.708. The summed E-state index contributed by atoms with van der Waals surface area (Å²) in [6.07, 6.45) is 6.08. The highest BCUT2D eigenvalue weighted by Crippen LogP contribution is 2.27. The first-order valence-corrected chi connectivity index (χ1v) is 14.1. The number of carbonyl (C=O) groups is 1. The number of benzene rings is 2. The van der Waals surface area contributed by atoms with Crippen LogP contribution in [0.4, 0.5) is 5.82 Å². The van der Waals surface area contributed by atoms with E-state index in [2.05, 4.69) is 17.4 Å². The van der Waals surface area contributed by atoms with E-state index < -0.39 is 16.9 Å². The molecule has 3 aromatic heterocycles. The van der Waals surface area contributed by atoms with Crippen LogP contribution in [0, 0.1) is 6.92 Å². The molecule has 0 saturated carbocycles. The number of nitrogens with one attached hydrogen (secondary N) is 1. The van der Waals surface area contributed by atoms with Crippen LogP contribution in [0.1, 0.15) is 34.5 Å². The molecule has 1 unspecified atom stereocenters. The summed E-state index contributed by atoms with van der Waals surface area (Å²) in [7, 11) is -0.708. The molecule has 4 heterocycles. The minimum absolute atomic E-state index is 0.454. The maximum atomic E-state index is 11.9. The lowest BCUT2D eigenvalue weighted by atomic mass is 10.1. The monoisotopic (exact) mass is 529 g/mol. The Morgan fingerprint density at radius 2 is 1.76 bits per heavy atom. The highest BCUT2D eigenvalue weighted by atomic mass is 32.2. The van der Waals surface area contributed by atoms with Crippen molar-refractivity contribution in [2.24, 2.45) is 5.73 Å². The number of fused-ring (bicyclic) bond motifs is 2. The Labute approximate surface area is 223 Å². The Bertz CT molecular complexity index is 1600. The molecule has 10 heteroatoms. The summed E-state index contributed by atoms with van der Waals surface area (Å²) < 4.78 is 16.4. The number of anilines is 1. The van der Waals surface area contributed by atoms with Crippen molar-refractivity contribution < 1.29 is 9.00 Å². The van der Waals surface area contributed by atoms with Gasteiger partial charge in [0.1, 0.15) is 5.52 Å². The molecule has 0 bridgehead atoms. The number of hydrogen-bond acceptors (Lipinski definition) is 5. The SMILES string of the molecule is CS(=O)N1CCCC1.Cc1cc2c(C(N)=O)cccc2n1-c1nc(NCc2ccccc2)c2cccn2n1. The number of nitrogens with two attached hydrogens (primary N) is 1. The Morgan fingerprint density at radius 3 is 2.45 bits per heavy atom. The molecule has 6 rings (SSSR count). The average Bonchev–Trinajstić information content (AvgIpc) is 3.67. The van der Waals surface area contributed by atoms with E-state index in [0.29, 0.717) is 18.1 Å². The molecule has 9 nitrogen and oxygen atoms in total. The van der Waals surface area contributed by atoms with Crippen LogP contribution in [0.3, 0.4) is 0 Å². The van der Waals surface area contributed by atoms with Crippen LogP contribution in [-0.4, -0.2) is 52.9 Å². The first kappa shape index (κ1) is 25.6. The van der Waals surface area contributed by atoms with Gasteiger partial charge in [-0.05, 0) is 55.7 Å². The van der Waals surface area contributed by atoms with E-state index in [0.717, 1.165) is 46.6 Å². The Hall–Kier alpha value is -4.02. The predicted molar refractivity (Wildman–Crippen MR) is 152 cm³/mol. The molecule has 1 saturated heterocycles. The zero-order chi connectivity index (χ0) is 26.6. The van der Waals surface area contributed by atoms with Crippen LogP contribution < -0.4 is 11.1 Å². The Balaban J connectivity index is 0.000000316. The molecule has 1 fully saturated rings. The highest BCUT2D eigenvalue weighted by molar-refractivity contribution is 7.81. The van der Waals surface area contributed by atoms with Crippen molar-refractivity contribution in [3.8, 4) is 5.95 Å². The zero-order valence-corrected chi connectivity index (χ0v) is 22.3. The predicted octanol–water partition coefficient (Wildman–Crippen LogP) is 4.07. The third-order valence-corrected chi connectivity index (χ3v) is 7.70. The maximum Gasteiger partial charge on any atom is 0.254 e. The summed E-state index contributed by atoms with van der Waals surface area (Å²) >= 11 is 0. The van der Waals surface area contributed by atoms with Crippen LogP contribution in [-0.2, 0) is 17.5 Å². The third kappa shape index (κ3) is 5.32. The van der Waals surface area contributed by atoms with Crippen molar-refractivity contribution in [2.75, 3.05) is 24.7 Å². The van der Waals surface area contributed by atoms with E-state index in [1.807, 2.05) is 70.5 Å². The highest BCUT2D eigenvalue weighted by Gasteiger charge is 2.17. The molecular weight excluding hydrogens is 498 g/mol. The zero-order valence-electron chi connectivity index (χ0n) is 21.5. The first-order chi connectivity index (χ1) is 18.4. The number of nitrogens with zero attached hydrogens (tertiary/aromatic N) is 5.